The largest absolute Gasteiger partial charge is 0.480 e. The number of hydrogen-bond donors (Lipinski definition) is 5. The quantitative estimate of drug-likeness (QED) is 0.394. The third-order valence-electron chi connectivity index (χ3n) is 3.90. The van der Waals surface area contributed by atoms with Crippen LogP contribution in [-0.4, -0.2) is 51.0 Å². The summed E-state index contributed by atoms with van der Waals surface area (Å²) in [6, 6.07) is -2.75. The molecular weight excluding hydrogens is 338 g/mol. The van der Waals surface area contributed by atoms with Crippen LogP contribution in [0.25, 0.3) is 0 Å². The minimum Gasteiger partial charge on any atom is -0.480 e. The van der Waals surface area contributed by atoms with Gasteiger partial charge in [-0.05, 0) is 18.3 Å². The Bertz CT molecular complexity index is 600. The Morgan fingerprint density at radius 2 is 1.85 bits per heavy atom. The Morgan fingerprint density at radius 3 is 2.31 bits per heavy atom. The van der Waals surface area contributed by atoms with Gasteiger partial charge in [-0.2, -0.15) is 0 Å². The van der Waals surface area contributed by atoms with E-state index in [1.54, 1.807) is 13.8 Å². The van der Waals surface area contributed by atoms with Gasteiger partial charge in [0.15, 0.2) is 0 Å². The van der Waals surface area contributed by atoms with Gasteiger partial charge < -0.3 is 26.5 Å². The molecule has 3 atom stereocenters. The highest BCUT2D eigenvalue weighted by Crippen LogP contribution is 2.07. The lowest BCUT2D eigenvalue weighted by Gasteiger charge is -2.24. The number of carboxylic acid groups (broad SMARTS) is 1. The van der Waals surface area contributed by atoms with E-state index in [-0.39, 0.29) is 18.3 Å². The SMILES string of the molecule is CC(C)C[C@H](N)C(=O)N[C@@H](Cc1cnc[nH]1)C(=O)N[C@H](C(=O)O)C(C)C. The fourth-order valence-corrected chi connectivity index (χ4v) is 2.49. The molecule has 0 bridgehead atoms. The first-order valence-corrected chi connectivity index (χ1v) is 8.68. The Labute approximate surface area is 153 Å². The van der Waals surface area contributed by atoms with Gasteiger partial charge in [0.25, 0.3) is 0 Å². The number of aromatic amines is 1. The zero-order chi connectivity index (χ0) is 19.9. The molecule has 146 valence electrons. The van der Waals surface area contributed by atoms with E-state index in [9.17, 15) is 19.5 Å². The predicted octanol–water partition coefficient (Wildman–Crippen LogP) is 0.0358. The van der Waals surface area contributed by atoms with E-state index in [0.717, 1.165) is 0 Å². The van der Waals surface area contributed by atoms with Crippen molar-refractivity contribution in [2.45, 2.75) is 58.7 Å². The van der Waals surface area contributed by atoms with Crippen molar-refractivity contribution < 1.29 is 19.5 Å². The average Bonchev–Trinajstić information content (AvgIpc) is 3.03. The molecule has 1 rings (SSSR count). The predicted molar refractivity (Wildman–Crippen MR) is 96.1 cm³/mol. The van der Waals surface area contributed by atoms with E-state index in [1.165, 1.54) is 12.5 Å². The standard InChI is InChI=1S/C17H29N5O4/c1-9(2)5-12(18)15(23)21-13(6-11-7-19-8-20-11)16(24)22-14(10(3)4)17(25)26/h7-10,12-14H,5-6,18H2,1-4H3,(H,19,20)(H,21,23)(H,22,24)(H,25,26)/t12-,13-,14-/m0/s1. The normalized spacial score (nSPS) is 14.7. The number of hydrogen-bond acceptors (Lipinski definition) is 5. The van der Waals surface area contributed by atoms with Crippen LogP contribution in [0.4, 0.5) is 0 Å². The van der Waals surface area contributed by atoms with Gasteiger partial charge in [0.1, 0.15) is 12.1 Å². The summed E-state index contributed by atoms with van der Waals surface area (Å²) in [7, 11) is 0. The van der Waals surface area contributed by atoms with Crippen LogP contribution in [0.3, 0.4) is 0 Å². The molecule has 0 aliphatic heterocycles. The number of nitrogens with zero attached hydrogens (tertiary/aromatic N) is 1. The second-order valence-electron chi connectivity index (χ2n) is 7.15. The van der Waals surface area contributed by atoms with Gasteiger partial charge in [0.2, 0.25) is 11.8 Å². The fraction of sp³-hybridized carbons (Fsp3) is 0.647. The number of nitrogens with two attached hydrogens (primary N) is 1. The van der Waals surface area contributed by atoms with Crippen molar-refractivity contribution in [3.63, 3.8) is 0 Å². The minimum absolute atomic E-state index is 0.149. The zero-order valence-corrected chi connectivity index (χ0v) is 15.7. The first-order chi connectivity index (χ1) is 12.1. The molecule has 1 aromatic rings. The summed E-state index contributed by atoms with van der Waals surface area (Å²) in [4.78, 5) is 43.0. The van der Waals surface area contributed by atoms with Crippen molar-refractivity contribution in [3.05, 3.63) is 18.2 Å². The fourth-order valence-electron chi connectivity index (χ4n) is 2.49. The van der Waals surface area contributed by atoms with E-state index in [0.29, 0.717) is 12.1 Å². The van der Waals surface area contributed by atoms with E-state index >= 15 is 0 Å². The van der Waals surface area contributed by atoms with Gasteiger partial charge in [-0.3, -0.25) is 9.59 Å². The van der Waals surface area contributed by atoms with Crippen LogP contribution in [0.1, 0.15) is 39.8 Å². The summed E-state index contributed by atoms with van der Waals surface area (Å²) >= 11 is 0. The molecule has 1 heterocycles. The second kappa shape index (κ2) is 9.91. The van der Waals surface area contributed by atoms with Gasteiger partial charge in [0, 0.05) is 18.3 Å². The maximum atomic E-state index is 12.6. The van der Waals surface area contributed by atoms with Gasteiger partial charge in [-0.1, -0.05) is 27.7 Å². The number of carbonyl (C=O) groups excluding carboxylic acids is 2. The monoisotopic (exact) mass is 367 g/mol. The average molecular weight is 367 g/mol. The Balaban J connectivity index is 2.88. The zero-order valence-electron chi connectivity index (χ0n) is 15.7. The lowest BCUT2D eigenvalue weighted by atomic mass is 10.0. The lowest BCUT2D eigenvalue weighted by molar-refractivity contribution is -0.143. The summed E-state index contributed by atoms with van der Waals surface area (Å²) in [5.74, 6) is -2.23. The number of nitrogens with one attached hydrogen (secondary N) is 3. The third kappa shape index (κ3) is 6.83. The molecule has 0 aliphatic rings. The molecule has 0 unspecified atom stereocenters. The van der Waals surface area contributed by atoms with Crippen molar-refractivity contribution in [3.8, 4) is 0 Å². The maximum absolute atomic E-state index is 12.6. The first-order valence-electron chi connectivity index (χ1n) is 8.68. The molecule has 1 aromatic heterocycles. The number of rotatable bonds is 10. The minimum atomic E-state index is -1.13. The van der Waals surface area contributed by atoms with Crippen LogP contribution in [0, 0.1) is 11.8 Å². The Hall–Kier alpha value is -2.42. The number of aliphatic carboxylic acids is 1. The van der Waals surface area contributed by atoms with Crippen LogP contribution >= 0.6 is 0 Å². The van der Waals surface area contributed by atoms with Crippen LogP contribution in [0.15, 0.2) is 12.5 Å². The van der Waals surface area contributed by atoms with Crippen LogP contribution in [0.5, 0.6) is 0 Å². The summed E-state index contributed by atoms with van der Waals surface area (Å²) < 4.78 is 0. The summed E-state index contributed by atoms with van der Waals surface area (Å²) in [5, 5.41) is 14.4. The number of carbonyl (C=O) groups is 3. The van der Waals surface area contributed by atoms with E-state index in [4.69, 9.17) is 5.73 Å². The van der Waals surface area contributed by atoms with Crippen LogP contribution in [-0.2, 0) is 20.8 Å². The Morgan fingerprint density at radius 1 is 1.19 bits per heavy atom. The van der Waals surface area contributed by atoms with Crippen molar-refractivity contribution in [1.29, 1.82) is 0 Å². The first kappa shape index (κ1) is 21.6. The number of aromatic nitrogens is 2. The highest BCUT2D eigenvalue weighted by Gasteiger charge is 2.30. The number of imidazole rings is 1. The van der Waals surface area contributed by atoms with Crippen LogP contribution in [0.2, 0.25) is 0 Å². The topological polar surface area (TPSA) is 150 Å². The molecule has 0 aromatic carbocycles. The second-order valence-corrected chi connectivity index (χ2v) is 7.15. The summed E-state index contributed by atoms with van der Waals surface area (Å²) in [6.45, 7) is 7.28. The molecule has 0 spiro atoms. The van der Waals surface area contributed by atoms with Gasteiger partial charge in [-0.25, -0.2) is 9.78 Å². The van der Waals surface area contributed by atoms with Crippen molar-refractivity contribution in [2.24, 2.45) is 17.6 Å². The van der Waals surface area contributed by atoms with Crippen molar-refractivity contribution in [2.75, 3.05) is 0 Å². The number of amides is 2. The molecule has 9 heteroatoms. The number of carboxylic acids is 1. The van der Waals surface area contributed by atoms with E-state index < -0.39 is 35.9 Å². The summed E-state index contributed by atoms with van der Waals surface area (Å²) in [5.41, 5.74) is 6.52. The van der Waals surface area contributed by atoms with Gasteiger partial charge in [0.05, 0.1) is 12.4 Å². The third-order valence-corrected chi connectivity index (χ3v) is 3.90. The maximum Gasteiger partial charge on any atom is 0.326 e. The Kier molecular flexibility index (Phi) is 8.24. The highest BCUT2D eigenvalue weighted by molar-refractivity contribution is 5.92. The molecule has 0 radical (unpaired) electrons. The molecule has 0 saturated carbocycles. The van der Waals surface area contributed by atoms with E-state index in [1.807, 2.05) is 13.8 Å². The smallest absolute Gasteiger partial charge is 0.326 e. The molecule has 0 saturated heterocycles. The van der Waals surface area contributed by atoms with Crippen LogP contribution < -0.4 is 16.4 Å². The van der Waals surface area contributed by atoms with E-state index in [2.05, 4.69) is 20.6 Å². The molecule has 0 aliphatic carbocycles. The highest BCUT2D eigenvalue weighted by atomic mass is 16.4. The molecule has 0 fully saturated rings. The molecular formula is C17H29N5O4. The molecule has 26 heavy (non-hydrogen) atoms. The lowest BCUT2D eigenvalue weighted by Crippen LogP contribution is -2.56. The molecule has 2 amide bonds. The number of H-pyrrole nitrogens is 1. The van der Waals surface area contributed by atoms with Gasteiger partial charge in [-0.15, -0.1) is 0 Å². The summed E-state index contributed by atoms with van der Waals surface area (Å²) in [6.07, 6.45) is 3.63. The molecule has 6 N–H and O–H groups in total. The van der Waals surface area contributed by atoms with Crippen molar-refractivity contribution in [1.82, 2.24) is 20.6 Å². The van der Waals surface area contributed by atoms with Gasteiger partial charge >= 0.3 is 5.97 Å². The van der Waals surface area contributed by atoms with Crippen molar-refractivity contribution >= 4 is 17.8 Å². The molecule has 9 nitrogen and oxygen atoms in total.